The van der Waals surface area contributed by atoms with Gasteiger partial charge in [0.05, 0.1) is 0 Å². The van der Waals surface area contributed by atoms with Crippen LogP contribution in [0.3, 0.4) is 0 Å². The minimum atomic E-state index is 0.0364. The van der Waals surface area contributed by atoms with Crippen molar-refractivity contribution in [2.75, 3.05) is 6.54 Å². The van der Waals surface area contributed by atoms with Gasteiger partial charge in [0.1, 0.15) is 0 Å². The van der Waals surface area contributed by atoms with Gasteiger partial charge in [0.25, 0.3) is 5.56 Å². The molecule has 0 amide bonds. The highest BCUT2D eigenvalue weighted by Crippen LogP contribution is 1.95. The molecule has 0 aromatic carbocycles. The van der Waals surface area contributed by atoms with E-state index in [4.69, 9.17) is 6.42 Å². The number of hydrogen-bond donors (Lipinski definition) is 1. The van der Waals surface area contributed by atoms with Crippen molar-refractivity contribution < 1.29 is 0 Å². The van der Waals surface area contributed by atoms with E-state index in [1.54, 1.807) is 22.9 Å². The molecule has 0 aliphatic carbocycles. The number of aromatic nitrogens is 1. The quantitative estimate of drug-likeness (QED) is 0.729. The van der Waals surface area contributed by atoms with Crippen molar-refractivity contribution in [2.45, 2.75) is 32.4 Å². The predicted octanol–water partition coefficient (Wildman–Crippen LogP) is 1.24. The van der Waals surface area contributed by atoms with Gasteiger partial charge in [-0.2, -0.15) is 0 Å². The summed E-state index contributed by atoms with van der Waals surface area (Å²) in [5, 5.41) is 3.34. The van der Waals surface area contributed by atoms with Crippen LogP contribution in [0.5, 0.6) is 0 Å². The summed E-state index contributed by atoms with van der Waals surface area (Å²) in [5.74, 6) is 2.65. The lowest BCUT2D eigenvalue weighted by atomic mass is 10.1. The Labute approximate surface area is 96.5 Å². The highest BCUT2D eigenvalue weighted by atomic mass is 16.1. The summed E-state index contributed by atoms with van der Waals surface area (Å²) in [4.78, 5) is 11.4. The second kappa shape index (κ2) is 6.86. The lowest BCUT2D eigenvalue weighted by Gasteiger charge is -2.14. The van der Waals surface area contributed by atoms with Crippen LogP contribution < -0.4 is 10.9 Å². The molecule has 1 heterocycles. The molecule has 1 N–H and O–H groups in total. The normalized spacial score (nSPS) is 12.0. The van der Waals surface area contributed by atoms with Gasteiger partial charge in [-0.05, 0) is 12.5 Å². The molecular formula is C13H18N2O. The maximum absolute atomic E-state index is 11.4. The molecule has 0 aliphatic rings. The van der Waals surface area contributed by atoms with E-state index >= 15 is 0 Å². The number of rotatable bonds is 6. The molecule has 0 saturated heterocycles. The summed E-state index contributed by atoms with van der Waals surface area (Å²) in [6, 6.07) is 5.53. The first-order valence-electron chi connectivity index (χ1n) is 5.60. The highest BCUT2D eigenvalue weighted by molar-refractivity contribution is 4.93. The van der Waals surface area contributed by atoms with Gasteiger partial charge in [-0.3, -0.25) is 4.79 Å². The standard InChI is InChI=1S/C13H18N2O/c1-3-7-12(4-2)14-9-11-15-10-6-5-8-13(15)16/h1,5-6,8,10,12,14H,4,7,9,11H2,2H3. The molecule has 86 valence electrons. The average Bonchev–Trinajstić information content (AvgIpc) is 2.30. The summed E-state index contributed by atoms with van der Waals surface area (Å²) in [6.07, 6.45) is 8.81. The van der Waals surface area contributed by atoms with E-state index in [-0.39, 0.29) is 5.56 Å². The molecule has 3 nitrogen and oxygen atoms in total. The first-order valence-corrected chi connectivity index (χ1v) is 5.60. The predicted molar refractivity (Wildman–Crippen MR) is 66.2 cm³/mol. The van der Waals surface area contributed by atoms with Crippen LogP contribution >= 0.6 is 0 Å². The Kier molecular flexibility index (Phi) is 5.38. The molecule has 3 heteroatoms. The topological polar surface area (TPSA) is 34.0 Å². The smallest absolute Gasteiger partial charge is 0.250 e. The van der Waals surface area contributed by atoms with Crippen molar-refractivity contribution in [1.29, 1.82) is 0 Å². The maximum atomic E-state index is 11.4. The van der Waals surface area contributed by atoms with Crippen LogP contribution in [0.1, 0.15) is 19.8 Å². The Hall–Kier alpha value is -1.53. The maximum Gasteiger partial charge on any atom is 0.250 e. The van der Waals surface area contributed by atoms with Crippen LogP contribution in [0.2, 0.25) is 0 Å². The van der Waals surface area contributed by atoms with Crippen molar-refractivity contribution in [3.63, 3.8) is 0 Å². The van der Waals surface area contributed by atoms with Gasteiger partial charge in [0, 0.05) is 37.8 Å². The summed E-state index contributed by atoms with van der Waals surface area (Å²) in [6.45, 7) is 3.55. The number of hydrogen-bond acceptors (Lipinski definition) is 2. The number of terminal acetylenes is 1. The van der Waals surface area contributed by atoms with Crippen molar-refractivity contribution in [1.82, 2.24) is 9.88 Å². The van der Waals surface area contributed by atoms with Gasteiger partial charge in [-0.15, -0.1) is 12.3 Å². The molecule has 0 fully saturated rings. The van der Waals surface area contributed by atoms with Gasteiger partial charge in [-0.25, -0.2) is 0 Å². The van der Waals surface area contributed by atoms with Crippen LogP contribution in [-0.4, -0.2) is 17.2 Å². The number of pyridine rings is 1. The Morgan fingerprint density at radius 1 is 1.56 bits per heavy atom. The van der Waals surface area contributed by atoms with Crippen LogP contribution in [0.15, 0.2) is 29.2 Å². The molecule has 0 saturated carbocycles. The summed E-state index contributed by atoms with van der Waals surface area (Å²) < 4.78 is 1.69. The van der Waals surface area contributed by atoms with E-state index in [9.17, 15) is 4.79 Å². The molecule has 0 radical (unpaired) electrons. The van der Waals surface area contributed by atoms with Crippen molar-refractivity contribution >= 4 is 0 Å². The SMILES string of the molecule is C#CCC(CC)NCCn1ccccc1=O. The zero-order valence-corrected chi connectivity index (χ0v) is 9.65. The zero-order chi connectivity index (χ0) is 11.8. The van der Waals surface area contributed by atoms with E-state index in [0.717, 1.165) is 19.4 Å². The third-order valence-corrected chi connectivity index (χ3v) is 2.54. The largest absolute Gasteiger partial charge is 0.314 e. The van der Waals surface area contributed by atoms with Gasteiger partial charge in [0.2, 0.25) is 0 Å². The van der Waals surface area contributed by atoms with Gasteiger partial charge < -0.3 is 9.88 Å². The van der Waals surface area contributed by atoms with E-state index in [1.165, 1.54) is 0 Å². The highest BCUT2D eigenvalue weighted by Gasteiger charge is 2.02. The summed E-state index contributed by atoms with van der Waals surface area (Å²) >= 11 is 0. The Morgan fingerprint density at radius 3 is 3.00 bits per heavy atom. The Balaban J connectivity index is 2.39. The molecular weight excluding hydrogens is 200 g/mol. The first kappa shape index (κ1) is 12.5. The van der Waals surface area contributed by atoms with Gasteiger partial charge in [-0.1, -0.05) is 13.0 Å². The molecule has 0 spiro atoms. The Bertz CT molecular complexity index is 403. The average molecular weight is 218 g/mol. The van der Waals surface area contributed by atoms with Crippen molar-refractivity contribution in [3.8, 4) is 12.3 Å². The molecule has 1 aromatic rings. The van der Waals surface area contributed by atoms with E-state index in [1.807, 2.05) is 6.07 Å². The summed E-state index contributed by atoms with van der Waals surface area (Å²) in [5.41, 5.74) is 0.0364. The molecule has 1 rings (SSSR count). The van der Waals surface area contributed by atoms with E-state index in [0.29, 0.717) is 12.6 Å². The monoisotopic (exact) mass is 218 g/mol. The van der Waals surface area contributed by atoms with Gasteiger partial charge >= 0.3 is 0 Å². The van der Waals surface area contributed by atoms with E-state index in [2.05, 4.69) is 18.2 Å². The second-order valence-electron chi connectivity index (χ2n) is 3.70. The first-order chi connectivity index (χ1) is 7.77. The minimum Gasteiger partial charge on any atom is -0.314 e. The molecule has 1 unspecified atom stereocenters. The molecule has 0 aliphatic heterocycles. The molecule has 0 bridgehead atoms. The molecule has 1 aromatic heterocycles. The third kappa shape index (κ3) is 3.92. The number of nitrogens with zero attached hydrogens (tertiary/aromatic N) is 1. The van der Waals surface area contributed by atoms with Crippen LogP contribution in [0.4, 0.5) is 0 Å². The molecule has 1 atom stereocenters. The van der Waals surface area contributed by atoms with Crippen LogP contribution in [0.25, 0.3) is 0 Å². The lowest BCUT2D eigenvalue weighted by Crippen LogP contribution is -2.33. The number of nitrogens with one attached hydrogen (secondary N) is 1. The van der Waals surface area contributed by atoms with Crippen LogP contribution in [-0.2, 0) is 6.54 Å². The van der Waals surface area contributed by atoms with Crippen LogP contribution in [0, 0.1) is 12.3 Å². The second-order valence-corrected chi connectivity index (χ2v) is 3.70. The fourth-order valence-corrected chi connectivity index (χ4v) is 1.54. The molecule has 16 heavy (non-hydrogen) atoms. The zero-order valence-electron chi connectivity index (χ0n) is 9.65. The van der Waals surface area contributed by atoms with Crippen molar-refractivity contribution in [3.05, 3.63) is 34.7 Å². The minimum absolute atomic E-state index is 0.0364. The third-order valence-electron chi connectivity index (χ3n) is 2.54. The fourth-order valence-electron chi connectivity index (χ4n) is 1.54. The van der Waals surface area contributed by atoms with Crippen molar-refractivity contribution in [2.24, 2.45) is 0 Å². The van der Waals surface area contributed by atoms with E-state index < -0.39 is 0 Å². The summed E-state index contributed by atoms with van der Waals surface area (Å²) in [7, 11) is 0. The fraction of sp³-hybridized carbons (Fsp3) is 0.462. The van der Waals surface area contributed by atoms with Gasteiger partial charge in [0.15, 0.2) is 0 Å². The Morgan fingerprint density at radius 2 is 2.38 bits per heavy atom. The lowest BCUT2D eigenvalue weighted by molar-refractivity contribution is 0.480.